The summed E-state index contributed by atoms with van der Waals surface area (Å²) < 4.78 is 0. The number of hydrogen-bond acceptors (Lipinski definition) is 4. The summed E-state index contributed by atoms with van der Waals surface area (Å²) >= 11 is 0. The standard InChI is InChI=1S/C12H15N3O2/c1-2-12(16)13-9-10-3-5-11(6-4-10)15-7-8-17-14-15/h3-8,14H,2,9H2,1H3,(H,13,16). The molecule has 0 bridgehead atoms. The topological polar surface area (TPSA) is 53.6 Å². The second-order valence-corrected chi connectivity index (χ2v) is 3.66. The van der Waals surface area contributed by atoms with E-state index in [0.717, 1.165) is 11.3 Å². The average Bonchev–Trinajstić information content (AvgIpc) is 2.90. The first-order chi connectivity index (χ1) is 8.29. The van der Waals surface area contributed by atoms with Crippen LogP contribution in [-0.2, 0) is 16.2 Å². The van der Waals surface area contributed by atoms with Crippen molar-refractivity contribution in [2.75, 3.05) is 5.01 Å². The van der Waals surface area contributed by atoms with Crippen LogP contribution in [0.5, 0.6) is 0 Å². The first-order valence-electron chi connectivity index (χ1n) is 5.52. The summed E-state index contributed by atoms with van der Waals surface area (Å²) in [5.41, 5.74) is 4.75. The van der Waals surface area contributed by atoms with Crippen LogP contribution >= 0.6 is 0 Å². The molecule has 5 nitrogen and oxygen atoms in total. The lowest BCUT2D eigenvalue weighted by atomic mass is 10.2. The van der Waals surface area contributed by atoms with E-state index in [1.807, 2.05) is 31.2 Å². The summed E-state index contributed by atoms with van der Waals surface area (Å²) in [5, 5.41) is 4.59. The fourth-order valence-electron chi connectivity index (χ4n) is 1.45. The lowest BCUT2D eigenvalue weighted by molar-refractivity contribution is -0.120. The minimum absolute atomic E-state index is 0.0617. The fraction of sp³-hybridized carbons (Fsp3) is 0.250. The molecule has 17 heavy (non-hydrogen) atoms. The van der Waals surface area contributed by atoms with Crippen molar-refractivity contribution in [1.29, 1.82) is 0 Å². The van der Waals surface area contributed by atoms with E-state index >= 15 is 0 Å². The van der Waals surface area contributed by atoms with E-state index in [9.17, 15) is 4.79 Å². The Morgan fingerprint density at radius 1 is 1.41 bits per heavy atom. The molecular formula is C12H15N3O2. The average molecular weight is 233 g/mol. The molecule has 1 aliphatic rings. The molecule has 1 aromatic carbocycles. The van der Waals surface area contributed by atoms with Gasteiger partial charge in [0.25, 0.3) is 0 Å². The van der Waals surface area contributed by atoms with Gasteiger partial charge >= 0.3 is 0 Å². The Hall–Kier alpha value is -2.01. The lowest BCUT2D eigenvalue weighted by Gasteiger charge is -2.14. The zero-order valence-electron chi connectivity index (χ0n) is 9.64. The Kier molecular flexibility index (Phi) is 3.62. The zero-order chi connectivity index (χ0) is 12.1. The summed E-state index contributed by atoms with van der Waals surface area (Å²) in [6.45, 7) is 2.40. The van der Waals surface area contributed by atoms with E-state index < -0.39 is 0 Å². The van der Waals surface area contributed by atoms with E-state index in [1.54, 1.807) is 17.5 Å². The van der Waals surface area contributed by atoms with Crippen LogP contribution in [0.4, 0.5) is 5.69 Å². The summed E-state index contributed by atoms with van der Waals surface area (Å²) in [5.74, 6) is 0.0617. The van der Waals surface area contributed by atoms with Gasteiger partial charge in [0, 0.05) is 13.0 Å². The molecule has 90 valence electrons. The molecule has 0 saturated heterocycles. The molecule has 0 fully saturated rings. The first kappa shape index (κ1) is 11.5. The highest BCUT2D eigenvalue weighted by molar-refractivity contribution is 5.75. The number of benzene rings is 1. The highest BCUT2D eigenvalue weighted by Crippen LogP contribution is 2.15. The van der Waals surface area contributed by atoms with Crippen molar-refractivity contribution in [2.45, 2.75) is 19.9 Å². The van der Waals surface area contributed by atoms with Crippen LogP contribution in [-0.4, -0.2) is 5.91 Å². The molecule has 2 rings (SSSR count). The highest BCUT2D eigenvalue weighted by atomic mass is 16.7. The molecule has 5 heteroatoms. The van der Waals surface area contributed by atoms with Gasteiger partial charge in [-0.1, -0.05) is 24.6 Å². The number of carbonyl (C=O) groups excluding carboxylic acids is 1. The molecule has 0 spiro atoms. The third-order valence-electron chi connectivity index (χ3n) is 2.45. The Morgan fingerprint density at radius 3 is 2.76 bits per heavy atom. The molecule has 1 heterocycles. The number of carbonyl (C=O) groups is 1. The predicted molar refractivity (Wildman–Crippen MR) is 64.4 cm³/mol. The second kappa shape index (κ2) is 5.36. The minimum atomic E-state index is 0.0617. The summed E-state index contributed by atoms with van der Waals surface area (Å²) in [6.07, 6.45) is 3.86. The van der Waals surface area contributed by atoms with Crippen LogP contribution in [0, 0.1) is 0 Å². The quantitative estimate of drug-likeness (QED) is 0.826. The van der Waals surface area contributed by atoms with Crippen LogP contribution < -0.4 is 15.9 Å². The van der Waals surface area contributed by atoms with Crippen molar-refractivity contribution in [3.05, 3.63) is 42.3 Å². The maximum Gasteiger partial charge on any atom is 0.219 e. The molecule has 0 unspecified atom stereocenters. The Bertz CT molecular complexity index is 414. The number of hydrazine groups is 1. The monoisotopic (exact) mass is 233 g/mol. The Balaban J connectivity index is 1.93. The van der Waals surface area contributed by atoms with Crippen molar-refractivity contribution in [1.82, 2.24) is 10.9 Å². The van der Waals surface area contributed by atoms with Crippen molar-refractivity contribution in [2.24, 2.45) is 0 Å². The first-order valence-corrected chi connectivity index (χ1v) is 5.52. The van der Waals surface area contributed by atoms with E-state index in [2.05, 4.69) is 10.9 Å². The van der Waals surface area contributed by atoms with Gasteiger partial charge in [-0.3, -0.25) is 4.79 Å². The van der Waals surface area contributed by atoms with Gasteiger partial charge in [-0.05, 0) is 17.7 Å². The predicted octanol–water partition coefficient (Wildman–Crippen LogP) is 1.44. The number of amides is 1. The Labute approximate surface area is 100.0 Å². The van der Waals surface area contributed by atoms with Crippen molar-refractivity contribution in [3.8, 4) is 0 Å². The molecule has 0 atom stereocenters. The summed E-state index contributed by atoms with van der Waals surface area (Å²) in [7, 11) is 0. The molecule has 0 saturated carbocycles. The van der Waals surface area contributed by atoms with Crippen LogP contribution in [0.2, 0.25) is 0 Å². The van der Waals surface area contributed by atoms with Gasteiger partial charge < -0.3 is 10.2 Å². The summed E-state index contributed by atoms with van der Waals surface area (Å²) in [4.78, 5) is 16.0. The molecule has 1 aromatic rings. The minimum Gasteiger partial charge on any atom is -0.395 e. The molecule has 1 amide bonds. The van der Waals surface area contributed by atoms with Crippen LogP contribution in [0.15, 0.2) is 36.7 Å². The number of nitrogens with one attached hydrogen (secondary N) is 2. The lowest BCUT2D eigenvalue weighted by Crippen LogP contribution is -2.27. The van der Waals surface area contributed by atoms with Crippen LogP contribution in [0.25, 0.3) is 0 Å². The third-order valence-corrected chi connectivity index (χ3v) is 2.45. The number of hydrogen-bond donors (Lipinski definition) is 2. The molecule has 0 radical (unpaired) electrons. The van der Waals surface area contributed by atoms with E-state index in [-0.39, 0.29) is 5.91 Å². The summed E-state index contributed by atoms with van der Waals surface area (Å²) in [6, 6.07) is 7.86. The normalized spacial score (nSPS) is 13.6. The largest absolute Gasteiger partial charge is 0.395 e. The van der Waals surface area contributed by atoms with E-state index in [4.69, 9.17) is 4.84 Å². The smallest absolute Gasteiger partial charge is 0.219 e. The van der Waals surface area contributed by atoms with Crippen LogP contribution in [0.1, 0.15) is 18.9 Å². The van der Waals surface area contributed by atoms with Gasteiger partial charge in [0.05, 0.1) is 11.9 Å². The number of rotatable bonds is 4. The van der Waals surface area contributed by atoms with Crippen molar-refractivity contribution >= 4 is 11.6 Å². The molecule has 1 aliphatic heterocycles. The number of anilines is 1. The molecule has 0 aromatic heterocycles. The second-order valence-electron chi connectivity index (χ2n) is 3.66. The maximum atomic E-state index is 11.1. The molecule has 2 N–H and O–H groups in total. The molecule has 0 aliphatic carbocycles. The van der Waals surface area contributed by atoms with Crippen molar-refractivity contribution in [3.63, 3.8) is 0 Å². The zero-order valence-corrected chi connectivity index (χ0v) is 9.64. The third kappa shape index (κ3) is 2.98. The molecular weight excluding hydrogens is 218 g/mol. The van der Waals surface area contributed by atoms with E-state index in [0.29, 0.717) is 13.0 Å². The fourth-order valence-corrected chi connectivity index (χ4v) is 1.45. The van der Waals surface area contributed by atoms with Gasteiger partial charge in [-0.15, -0.1) is 0 Å². The van der Waals surface area contributed by atoms with Gasteiger partial charge in [0.15, 0.2) is 0 Å². The van der Waals surface area contributed by atoms with Gasteiger partial charge in [-0.2, -0.15) is 0 Å². The highest BCUT2D eigenvalue weighted by Gasteiger charge is 2.06. The SMILES string of the molecule is CCC(=O)NCc1ccc(N2C=CON2)cc1. The van der Waals surface area contributed by atoms with Gasteiger partial charge in [0.1, 0.15) is 6.26 Å². The van der Waals surface area contributed by atoms with Crippen LogP contribution in [0.3, 0.4) is 0 Å². The van der Waals surface area contributed by atoms with Gasteiger partial charge in [0.2, 0.25) is 5.91 Å². The number of nitrogens with zero attached hydrogens (tertiary/aromatic N) is 1. The van der Waals surface area contributed by atoms with E-state index in [1.165, 1.54) is 0 Å². The Morgan fingerprint density at radius 2 is 2.18 bits per heavy atom. The van der Waals surface area contributed by atoms with Crippen molar-refractivity contribution < 1.29 is 9.63 Å². The maximum absolute atomic E-state index is 11.1. The van der Waals surface area contributed by atoms with Gasteiger partial charge in [-0.25, -0.2) is 5.01 Å².